The Morgan fingerprint density at radius 1 is 1.31 bits per heavy atom. The van der Waals surface area contributed by atoms with E-state index in [2.05, 4.69) is 13.0 Å². The van der Waals surface area contributed by atoms with Crippen molar-refractivity contribution in [3.63, 3.8) is 0 Å². The van der Waals surface area contributed by atoms with E-state index in [-0.39, 0.29) is 5.91 Å². The summed E-state index contributed by atoms with van der Waals surface area (Å²) in [7, 11) is 0. The summed E-state index contributed by atoms with van der Waals surface area (Å²) in [5.41, 5.74) is 2.11. The van der Waals surface area contributed by atoms with Gasteiger partial charge >= 0.3 is 0 Å². The summed E-state index contributed by atoms with van der Waals surface area (Å²) in [5, 5.41) is 0. The largest absolute Gasteiger partial charge is 0.334 e. The van der Waals surface area contributed by atoms with E-state index in [9.17, 15) is 4.79 Å². The number of hydrogen-bond donors (Lipinski definition) is 0. The van der Waals surface area contributed by atoms with Crippen molar-refractivity contribution in [2.45, 2.75) is 26.3 Å². The van der Waals surface area contributed by atoms with Crippen molar-refractivity contribution in [1.29, 1.82) is 0 Å². The number of rotatable bonds is 3. The lowest BCUT2D eigenvalue weighted by molar-refractivity contribution is 0.0768. The Bertz CT molecular complexity index is 426. The van der Waals surface area contributed by atoms with E-state index in [1.807, 2.05) is 23.1 Å². The summed E-state index contributed by atoms with van der Waals surface area (Å²) in [6.45, 7) is 4.03. The van der Waals surface area contributed by atoms with Gasteiger partial charge in [0.25, 0.3) is 5.91 Å². The molecule has 1 aromatic carbocycles. The Kier molecular flexibility index (Phi) is 2.23. The number of hydrogen-bond acceptors (Lipinski definition) is 1. The van der Waals surface area contributed by atoms with E-state index < -0.39 is 0 Å². The van der Waals surface area contributed by atoms with Gasteiger partial charge in [-0.05, 0) is 29.9 Å². The second kappa shape index (κ2) is 3.62. The summed E-state index contributed by atoms with van der Waals surface area (Å²) in [6, 6.07) is 7.98. The first kappa shape index (κ1) is 9.88. The van der Waals surface area contributed by atoms with Crippen molar-refractivity contribution >= 4 is 5.91 Å². The molecule has 1 aromatic rings. The van der Waals surface area contributed by atoms with E-state index in [1.54, 1.807) is 0 Å². The zero-order chi connectivity index (χ0) is 11.1. The average molecular weight is 215 g/mol. The van der Waals surface area contributed by atoms with E-state index in [0.29, 0.717) is 0 Å². The van der Waals surface area contributed by atoms with Gasteiger partial charge < -0.3 is 4.90 Å². The lowest BCUT2D eigenvalue weighted by atomic mass is 10.1. The standard InChI is InChI=1S/C14H17NO/c1-2-10-7-12(10)9-15-8-11-5-3-4-6-13(11)14(15)16/h3-6,10,12H,2,7-9H2,1H3/t10?,12-/m0/s1. The van der Waals surface area contributed by atoms with E-state index >= 15 is 0 Å². The maximum absolute atomic E-state index is 12.1. The molecule has 0 aromatic heterocycles. The minimum absolute atomic E-state index is 0.234. The molecule has 0 spiro atoms. The molecule has 84 valence electrons. The molecule has 2 heteroatoms. The van der Waals surface area contributed by atoms with Gasteiger partial charge in [0.2, 0.25) is 0 Å². The highest BCUT2D eigenvalue weighted by molar-refractivity contribution is 5.98. The Labute approximate surface area is 96.3 Å². The molecule has 2 aliphatic rings. The Hall–Kier alpha value is -1.31. The number of amides is 1. The number of carbonyl (C=O) groups is 1. The second-order valence-corrected chi connectivity index (χ2v) is 5.01. The van der Waals surface area contributed by atoms with Crippen LogP contribution >= 0.6 is 0 Å². The molecule has 1 saturated carbocycles. The molecule has 1 heterocycles. The highest BCUT2D eigenvalue weighted by atomic mass is 16.2. The molecule has 1 aliphatic carbocycles. The van der Waals surface area contributed by atoms with Gasteiger partial charge in [-0.3, -0.25) is 4.79 Å². The highest BCUT2D eigenvalue weighted by Crippen LogP contribution is 2.42. The summed E-state index contributed by atoms with van der Waals surface area (Å²) in [6.07, 6.45) is 2.58. The van der Waals surface area contributed by atoms with Crippen molar-refractivity contribution in [1.82, 2.24) is 4.90 Å². The fraction of sp³-hybridized carbons (Fsp3) is 0.500. The van der Waals surface area contributed by atoms with Crippen LogP contribution in [-0.2, 0) is 6.54 Å². The van der Waals surface area contributed by atoms with Crippen LogP contribution in [0.15, 0.2) is 24.3 Å². The molecular formula is C14H17NO. The van der Waals surface area contributed by atoms with Gasteiger partial charge in [-0.25, -0.2) is 0 Å². The summed E-state index contributed by atoms with van der Waals surface area (Å²) in [4.78, 5) is 14.1. The summed E-state index contributed by atoms with van der Waals surface area (Å²) in [5.74, 6) is 1.87. The summed E-state index contributed by atoms with van der Waals surface area (Å²) >= 11 is 0. The van der Waals surface area contributed by atoms with E-state index in [0.717, 1.165) is 30.5 Å². The molecular weight excluding hydrogens is 198 g/mol. The van der Waals surface area contributed by atoms with E-state index in [4.69, 9.17) is 0 Å². The van der Waals surface area contributed by atoms with Crippen molar-refractivity contribution in [2.24, 2.45) is 11.8 Å². The molecule has 1 amide bonds. The van der Waals surface area contributed by atoms with Crippen LogP contribution in [0, 0.1) is 11.8 Å². The predicted molar refractivity (Wildman–Crippen MR) is 63.1 cm³/mol. The minimum atomic E-state index is 0.234. The third-order valence-corrected chi connectivity index (χ3v) is 3.94. The Balaban J connectivity index is 1.71. The fourth-order valence-electron chi connectivity index (χ4n) is 2.78. The van der Waals surface area contributed by atoms with Gasteiger partial charge in [0.1, 0.15) is 0 Å². The third-order valence-electron chi connectivity index (χ3n) is 3.94. The SMILES string of the molecule is CCC1C[C@H]1CN1Cc2ccccc2C1=O. The molecule has 2 atom stereocenters. The zero-order valence-corrected chi connectivity index (χ0v) is 9.65. The van der Waals surface area contributed by atoms with Crippen LogP contribution in [0.1, 0.15) is 35.7 Å². The van der Waals surface area contributed by atoms with Crippen LogP contribution in [0.4, 0.5) is 0 Å². The third kappa shape index (κ3) is 1.53. The number of nitrogens with zero attached hydrogens (tertiary/aromatic N) is 1. The molecule has 1 aliphatic heterocycles. The lowest BCUT2D eigenvalue weighted by Gasteiger charge is -2.15. The Morgan fingerprint density at radius 2 is 2.12 bits per heavy atom. The van der Waals surface area contributed by atoms with Crippen molar-refractivity contribution in [3.05, 3.63) is 35.4 Å². The number of carbonyl (C=O) groups excluding carboxylic acids is 1. The minimum Gasteiger partial charge on any atom is -0.334 e. The van der Waals surface area contributed by atoms with E-state index in [1.165, 1.54) is 18.4 Å². The molecule has 1 fully saturated rings. The number of benzene rings is 1. The summed E-state index contributed by atoms with van der Waals surface area (Å²) < 4.78 is 0. The average Bonchev–Trinajstić information content (AvgIpc) is 2.99. The van der Waals surface area contributed by atoms with Crippen LogP contribution in [0.25, 0.3) is 0 Å². The van der Waals surface area contributed by atoms with Crippen LogP contribution < -0.4 is 0 Å². The lowest BCUT2D eigenvalue weighted by Crippen LogP contribution is -2.26. The first-order valence-electron chi connectivity index (χ1n) is 6.16. The maximum atomic E-state index is 12.1. The topological polar surface area (TPSA) is 20.3 Å². The normalized spacial score (nSPS) is 27.1. The van der Waals surface area contributed by atoms with Crippen molar-refractivity contribution in [2.75, 3.05) is 6.54 Å². The van der Waals surface area contributed by atoms with Crippen LogP contribution in [0.5, 0.6) is 0 Å². The molecule has 16 heavy (non-hydrogen) atoms. The molecule has 0 saturated heterocycles. The monoisotopic (exact) mass is 215 g/mol. The predicted octanol–water partition coefficient (Wildman–Crippen LogP) is 2.69. The zero-order valence-electron chi connectivity index (χ0n) is 9.65. The van der Waals surface area contributed by atoms with Gasteiger partial charge in [-0.15, -0.1) is 0 Å². The maximum Gasteiger partial charge on any atom is 0.254 e. The fourth-order valence-corrected chi connectivity index (χ4v) is 2.78. The van der Waals surface area contributed by atoms with Crippen LogP contribution in [-0.4, -0.2) is 17.4 Å². The van der Waals surface area contributed by atoms with Gasteiger partial charge in [-0.2, -0.15) is 0 Å². The highest BCUT2D eigenvalue weighted by Gasteiger charge is 2.39. The van der Waals surface area contributed by atoms with Gasteiger partial charge in [0, 0.05) is 18.7 Å². The first-order chi connectivity index (χ1) is 7.79. The smallest absolute Gasteiger partial charge is 0.254 e. The molecule has 3 rings (SSSR count). The molecule has 1 unspecified atom stereocenters. The van der Waals surface area contributed by atoms with Crippen LogP contribution in [0.2, 0.25) is 0 Å². The molecule has 0 bridgehead atoms. The van der Waals surface area contributed by atoms with Crippen molar-refractivity contribution < 1.29 is 4.79 Å². The molecule has 2 nitrogen and oxygen atoms in total. The quantitative estimate of drug-likeness (QED) is 0.759. The van der Waals surface area contributed by atoms with Gasteiger partial charge in [0.15, 0.2) is 0 Å². The molecule has 0 N–H and O–H groups in total. The van der Waals surface area contributed by atoms with Gasteiger partial charge in [0.05, 0.1) is 0 Å². The van der Waals surface area contributed by atoms with Gasteiger partial charge in [-0.1, -0.05) is 31.5 Å². The van der Waals surface area contributed by atoms with Crippen molar-refractivity contribution in [3.8, 4) is 0 Å². The Morgan fingerprint density at radius 3 is 2.81 bits per heavy atom. The number of fused-ring (bicyclic) bond motifs is 1. The first-order valence-corrected chi connectivity index (χ1v) is 6.16. The second-order valence-electron chi connectivity index (χ2n) is 5.01. The van der Waals surface area contributed by atoms with Crippen LogP contribution in [0.3, 0.4) is 0 Å². The molecule has 0 radical (unpaired) electrons.